The van der Waals surface area contributed by atoms with Crippen molar-refractivity contribution in [2.45, 2.75) is 51.2 Å². The first-order valence-corrected chi connectivity index (χ1v) is 13.3. The van der Waals surface area contributed by atoms with Gasteiger partial charge in [-0.3, -0.25) is 4.90 Å². The molecule has 39 heavy (non-hydrogen) atoms. The van der Waals surface area contributed by atoms with Gasteiger partial charge in [-0.05, 0) is 68.1 Å². The lowest BCUT2D eigenvalue weighted by Gasteiger charge is -2.51. The number of benzene rings is 1. The summed E-state index contributed by atoms with van der Waals surface area (Å²) >= 11 is 0. The number of nitrogens with zero attached hydrogens (tertiary/aromatic N) is 3. The van der Waals surface area contributed by atoms with Gasteiger partial charge < -0.3 is 24.5 Å². The maximum absolute atomic E-state index is 13.3. The van der Waals surface area contributed by atoms with Gasteiger partial charge in [0.2, 0.25) is 5.92 Å². The molecule has 3 aliphatic rings. The van der Waals surface area contributed by atoms with Crippen molar-refractivity contribution in [1.82, 2.24) is 14.9 Å². The highest BCUT2D eigenvalue weighted by Crippen LogP contribution is 2.57. The van der Waals surface area contributed by atoms with E-state index in [-0.39, 0.29) is 30.1 Å². The summed E-state index contributed by atoms with van der Waals surface area (Å²) in [6, 6.07) is 9.16. The Morgan fingerprint density at radius 3 is 2.51 bits per heavy atom. The van der Waals surface area contributed by atoms with Crippen LogP contribution in [0.5, 0.6) is 5.75 Å². The monoisotopic (exact) mass is 542 g/mol. The molecule has 3 aromatic rings. The highest BCUT2D eigenvalue weighted by molar-refractivity contribution is 5.88. The van der Waals surface area contributed by atoms with E-state index in [9.17, 15) is 13.6 Å². The fourth-order valence-corrected chi connectivity index (χ4v) is 6.08. The summed E-state index contributed by atoms with van der Waals surface area (Å²) < 4.78 is 37.2. The van der Waals surface area contributed by atoms with Crippen LogP contribution in [0.25, 0.3) is 10.9 Å². The number of carboxylic acids is 1. The number of hydrogen-bond acceptors (Lipinski definition) is 6. The van der Waals surface area contributed by atoms with Crippen LogP contribution in [0, 0.1) is 12.3 Å². The Bertz CT molecular complexity index is 1320. The van der Waals surface area contributed by atoms with E-state index in [4.69, 9.17) is 14.6 Å². The molecule has 1 aromatic carbocycles. The topological polar surface area (TPSA) is 90.9 Å². The van der Waals surface area contributed by atoms with Gasteiger partial charge in [-0.15, -0.1) is 0 Å². The van der Waals surface area contributed by atoms with E-state index in [2.05, 4.69) is 33.9 Å². The zero-order valence-corrected chi connectivity index (χ0v) is 22.7. The molecule has 210 valence electrons. The molecule has 2 saturated heterocycles. The molecule has 1 saturated carbocycles. The molecule has 0 amide bonds. The van der Waals surface area contributed by atoms with Gasteiger partial charge in [0, 0.05) is 62.2 Å². The van der Waals surface area contributed by atoms with Crippen molar-refractivity contribution in [3.05, 3.63) is 53.3 Å². The number of halogens is 2. The first-order chi connectivity index (χ1) is 18.6. The first-order valence-electron chi connectivity index (χ1n) is 13.3. The minimum Gasteiger partial charge on any atom is -0.496 e. The molecular formula is C29H36F2N4O4. The van der Waals surface area contributed by atoms with Crippen molar-refractivity contribution in [3.8, 4) is 5.75 Å². The number of hydrogen-bond donors (Lipinski definition) is 2. The second kappa shape index (κ2) is 10.7. The highest BCUT2D eigenvalue weighted by Gasteiger charge is 2.56. The van der Waals surface area contributed by atoms with Gasteiger partial charge in [0.05, 0.1) is 13.2 Å². The van der Waals surface area contributed by atoms with Crippen LogP contribution in [0.3, 0.4) is 0 Å². The number of anilines is 1. The van der Waals surface area contributed by atoms with E-state index in [0.29, 0.717) is 5.82 Å². The van der Waals surface area contributed by atoms with Gasteiger partial charge >= 0.3 is 5.97 Å². The fourth-order valence-electron chi connectivity index (χ4n) is 6.08. The number of aromatic nitrogens is 2. The highest BCUT2D eigenvalue weighted by atomic mass is 19.3. The normalized spacial score (nSPS) is 20.2. The van der Waals surface area contributed by atoms with E-state index in [1.165, 1.54) is 22.6 Å². The second-order valence-corrected chi connectivity index (χ2v) is 11.1. The van der Waals surface area contributed by atoms with Crippen molar-refractivity contribution in [2.24, 2.45) is 5.41 Å². The van der Waals surface area contributed by atoms with Gasteiger partial charge in [0.15, 0.2) is 5.69 Å². The van der Waals surface area contributed by atoms with E-state index in [0.717, 1.165) is 56.8 Å². The minimum atomic E-state index is -2.42. The zero-order chi connectivity index (χ0) is 27.8. The van der Waals surface area contributed by atoms with Crippen LogP contribution in [0.4, 0.5) is 14.6 Å². The van der Waals surface area contributed by atoms with E-state index in [1.807, 2.05) is 11.1 Å². The third-order valence-corrected chi connectivity index (χ3v) is 8.36. The Morgan fingerprint density at radius 1 is 1.18 bits per heavy atom. The number of aryl methyl sites for hydroxylation is 1. The van der Waals surface area contributed by atoms with Crippen LogP contribution < -0.4 is 9.64 Å². The van der Waals surface area contributed by atoms with Gasteiger partial charge in [-0.25, -0.2) is 18.6 Å². The van der Waals surface area contributed by atoms with Crippen LogP contribution in [-0.2, 0) is 11.3 Å². The Labute approximate surface area is 226 Å². The van der Waals surface area contributed by atoms with Gasteiger partial charge in [-0.1, -0.05) is 6.07 Å². The molecule has 6 rings (SSSR count). The van der Waals surface area contributed by atoms with Crippen molar-refractivity contribution in [1.29, 1.82) is 0 Å². The Morgan fingerprint density at radius 2 is 1.90 bits per heavy atom. The van der Waals surface area contributed by atoms with Gasteiger partial charge in [-0.2, -0.15) is 0 Å². The maximum atomic E-state index is 13.3. The molecule has 2 aliphatic heterocycles. The van der Waals surface area contributed by atoms with E-state index < -0.39 is 11.9 Å². The van der Waals surface area contributed by atoms with E-state index >= 15 is 0 Å². The second-order valence-electron chi connectivity index (χ2n) is 11.1. The van der Waals surface area contributed by atoms with Crippen LogP contribution >= 0.6 is 0 Å². The van der Waals surface area contributed by atoms with Crippen LogP contribution in [0.1, 0.15) is 47.3 Å². The first kappa shape index (κ1) is 27.3. The average Bonchev–Trinajstić information content (AvgIpc) is 3.36. The van der Waals surface area contributed by atoms with Crippen LogP contribution in [0.2, 0.25) is 0 Å². The van der Waals surface area contributed by atoms with Crippen LogP contribution in [0.15, 0.2) is 36.5 Å². The molecule has 0 bridgehead atoms. The standard InChI is InChI=1S/C19H24F2N2O.C10H12N2O3/c1-13-9-16(24-2)15(14-3-6-22-17(13)14)10-23-7-4-18(5-8-23)11-19(20,21)12-18;1-15-7-5-12(6-7)9-4-2-3-8(11-9)10(13)14/h3,6,9,22H,4-5,7-8,10-12H2,1-2H3;2-4,7H,5-6H2,1H3,(H,13,14). The zero-order valence-electron chi connectivity index (χ0n) is 22.7. The molecule has 2 aromatic heterocycles. The molecule has 10 heteroatoms. The summed E-state index contributed by atoms with van der Waals surface area (Å²) in [7, 11) is 3.38. The lowest BCUT2D eigenvalue weighted by molar-refractivity contribution is -0.178. The average molecular weight is 543 g/mol. The minimum absolute atomic E-state index is 0.0772. The number of aromatic amines is 1. The number of fused-ring (bicyclic) bond motifs is 1. The predicted molar refractivity (Wildman–Crippen MR) is 145 cm³/mol. The fraction of sp³-hybridized carbons (Fsp3) is 0.517. The number of ether oxygens (including phenoxy) is 2. The van der Waals surface area contributed by atoms with Crippen molar-refractivity contribution in [3.63, 3.8) is 0 Å². The number of alkyl halides is 2. The number of H-pyrrole nitrogens is 1. The Kier molecular flexibility index (Phi) is 7.52. The Balaban J connectivity index is 0.000000177. The number of carboxylic acid groups (broad SMARTS) is 1. The molecule has 1 aliphatic carbocycles. The van der Waals surface area contributed by atoms with Crippen LogP contribution in [-0.4, -0.2) is 78.4 Å². The van der Waals surface area contributed by atoms with Crippen molar-refractivity contribution < 1.29 is 28.2 Å². The lowest BCUT2D eigenvalue weighted by atomic mass is 9.61. The van der Waals surface area contributed by atoms with Gasteiger partial charge in [0.25, 0.3) is 0 Å². The molecule has 2 N–H and O–H groups in total. The summed E-state index contributed by atoms with van der Waals surface area (Å²) in [5, 5.41) is 9.97. The predicted octanol–water partition coefficient (Wildman–Crippen LogP) is 5.11. The number of methoxy groups -OCH3 is 2. The smallest absolute Gasteiger partial charge is 0.354 e. The molecule has 0 unspecified atom stereocenters. The van der Waals surface area contributed by atoms with Crippen molar-refractivity contribution in [2.75, 3.05) is 45.3 Å². The number of likely N-dealkylation sites (tertiary alicyclic amines) is 1. The van der Waals surface area contributed by atoms with Gasteiger partial charge in [0.1, 0.15) is 11.6 Å². The molecule has 0 radical (unpaired) electrons. The quantitative estimate of drug-likeness (QED) is 0.447. The third-order valence-electron chi connectivity index (χ3n) is 8.36. The molecule has 1 spiro atoms. The number of carbonyl (C=O) groups is 1. The molecule has 0 atom stereocenters. The number of piperidine rings is 1. The Hall–Kier alpha value is -3.24. The number of aromatic carboxylic acids is 1. The summed E-state index contributed by atoms with van der Waals surface area (Å²) in [6.07, 6.45) is 4.14. The number of rotatable bonds is 6. The molecule has 4 heterocycles. The number of pyridine rings is 1. The maximum Gasteiger partial charge on any atom is 0.354 e. The summed E-state index contributed by atoms with van der Waals surface area (Å²) in [5.41, 5.74) is 3.49. The SMILES string of the molecule is COC1CN(c2cccc(C(=O)O)n2)C1.COc1cc(C)c2[nH]ccc2c1CN1CCC2(CC1)CC(F)(F)C2. The van der Waals surface area contributed by atoms with E-state index in [1.54, 1.807) is 26.4 Å². The molecule has 8 nitrogen and oxygen atoms in total. The lowest BCUT2D eigenvalue weighted by Crippen LogP contribution is -2.52. The van der Waals surface area contributed by atoms with Crippen molar-refractivity contribution >= 4 is 22.7 Å². The largest absolute Gasteiger partial charge is 0.496 e. The molecular weight excluding hydrogens is 506 g/mol. The third kappa shape index (κ3) is 5.72. The summed E-state index contributed by atoms with van der Waals surface area (Å²) in [4.78, 5) is 22.4. The summed E-state index contributed by atoms with van der Waals surface area (Å²) in [5.74, 6) is -1.81. The molecule has 3 fully saturated rings. The summed E-state index contributed by atoms with van der Waals surface area (Å²) in [6.45, 7) is 6.20. The number of nitrogens with one attached hydrogen (secondary N) is 1.